The summed E-state index contributed by atoms with van der Waals surface area (Å²) in [4.78, 5) is 14.1. The van der Waals surface area contributed by atoms with Crippen LogP contribution in [0.1, 0.15) is 23.3 Å². The maximum atomic E-state index is 11.5. The molecule has 24 heavy (non-hydrogen) atoms. The monoisotopic (exact) mass is 346 g/mol. The predicted octanol–water partition coefficient (Wildman–Crippen LogP) is 1.51. The first kappa shape index (κ1) is 15.8. The second kappa shape index (κ2) is 6.31. The third-order valence-corrected chi connectivity index (χ3v) is 6.30. The molecule has 7 heteroatoms. The zero-order valence-electron chi connectivity index (χ0n) is 13.8. The molecule has 2 aromatic heterocycles. The van der Waals surface area contributed by atoms with E-state index in [0.717, 1.165) is 44.5 Å². The Bertz CT molecular complexity index is 746. The average Bonchev–Trinajstić information content (AvgIpc) is 3.23. The number of piperidine rings is 1. The van der Waals surface area contributed by atoms with E-state index in [1.54, 1.807) is 11.7 Å². The smallest absolute Gasteiger partial charge is 0.241 e. The van der Waals surface area contributed by atoms with Crippen LogP contribution in [0.15, 0.2) is 18.5 Å². The van der Waals surface area contributed by atoms with Crippen molar-refractivity contribution >= 4 is 17.2 Å². The molecule has 2 aliphatic heterocycles. The lowest BCUT2D eigenvalue weighted by atomic mass is 9.86. The van der Waals surface area contributed by atoms with Gasteiger partial charge in [-0.05, 0) is 44.0 Å². The molecule has 0 bridgehead atoms. The first-order chi connectivity index (χ1) is 11.7. The van der Waals surface area contributed by atoms with E-state index in [4.69, 9.17) is 4.74 Å². The van der Waals surface area contributed by atoms with Crippen LogP contribution in [-0.4, -0.2) is 42.4 Å². The number of carbonyl (C=O) groups is 1. The van der Waals surface area contributed by atoms with E-state index in [-0.39, 0.29) is 18.1 Å². The fourth-order valence-electron chi connectivity index (χ4n) is 3.57. The Hall–Kier alpha value is -1.70. The van der Waals surface area contributed by atoms with E-state index in [2.05, 4.69) is 21.8 Å². The van der Waals surface area contributed by atoms with E-state index in [9.17, 15) is 4.79 Å². The fraction of sp³-hybridized carbons (Fsp3) is 0.529. The summed E-state index contributed by atoms with van der Waals surface area (Å²) in [6.07, 6.45) is 6.85. The lowest BCUT2D eigenvalue weighted by molar-refractivity contribution is -0.121. The van der Waals surface area contributed by atoms with Gasteiger partial charge >= 0.3 is 0 Å². The number of amides is 1. The maximum absolute atomic E-state index is 11.5. The van der Waals surface area contributed by atoms with Gasteiger partial charge in [-0.3, -0.25) is 9.48 Å². The molecule has 0 unspecified atom stereocenters. The lowest BCUT2D eigenvalue weighted by Crippen LogP contribution is -2.43. The van der Waals surface area contributed by atoms with Crippen LogP contribution in [0.4, 0.5) is 0 Å². The molecule has 1 saturated heterocycles. The maximum Gasteiger partial charge on any atom is 0.241 e. The minimum atomic E-state index is -0.0974. The van der Waals surface area contributed by atoms with Gasteiger partial charge in [0.05, 0.1) is 12.8 Å². The van der Waals surface area contributed by atoms with E-state index in [1.807, 2.05) is 23.7 Å². The normalized spacial score (nSPS) is 19.2. The Morgan fingerprint density at radius 2 is 2.33 bits per heavy atom. The van der Waals surface area contributed by atoms with E-state index in [0.29, 0.717) is 0 Å². The van der Waals surface area contributed by atoms with Gasteiger partial charge in [-0.15, -0.1) is 11.3 Å². The summed E-state index contributed by atoms with van der Waals surface area (Å²) in [6.45, 7) is 3.08. The van der Waals surface area contributed by atoms with Gasteiger partial charge in [-0.25, -0.2) is 0 Å². The molecule has 0 saturated carbocycles. The molecule has 0 radical (unpaired) electrons. The molecule has 6 nitrogen and oxygen atoms in total. The molecule has 1 fully saturated rings. The quantitative estimate of drug-likeness (QED) is 0.884. The molecular formula is C17H22N4O2S. The topological polar surface area (TPSA) is 68.2 Å². The zero-order chi connectivity index (χ0) is 16.6. The van der Waals surface area contributed by atoms with Gasteiger partial charge in [0.1, 0.15) is 12.1 Å². The van der Waals surface area contributed by atoms with Crippen molar-refractivity contribution in [2.45, 2.75) is 31.4 Å². The van der Waals surface area contributed by atoms with Gasteiger partial charge in [0, 0.05) is 28.6 Å². The molecule has 0 aliphatic carbocycles. The van der Waals surface area contributed by atoms with E-state index >= 15 is 0 Å². The van der Waals surface area contributed by atoms with Crippen molar-refractivity contribution < 1.29 is 9.53 Å². The average molecular weight is 346 g/mol. The summed E-state index contributed by atoms with van der Waals surface area (Å²) in [5.41, 5.74) is 2.39. The standard InChI is InChI=1S/C17H22N4O2S/c1-18-15(22)11-21-10-13(9-20-21)14-8-12-2-7-23-17(16(12)24-14)3-5-19-6-4-17/h8-10,19H,2-7,11H2,1H3,(H,18,22). The Kier molecular flexibility index (Phi) is 4.15. The number of aromatic nitrogens is 2. The van der Waals surface area contributed by atoms with Crippen LogP contribution in [0.25, 0.3) is 10.4 Å². The second-order valence-corrected chi connectivity index (χ2v) is 7.46. The Balaban J connectivity index is 1.63. The number of carbonyl (C=O) groups excluding carboxylic acids is 1. The van der Waals surface area contributed by atoms with Crippen molar-refractivity contribution in [3.8, 4) is 10.4 Å². The molecule has 128 valence electrons. The highest BCUT2D eigenvalue weighted by molar-refractivity contribution is 7.15. The minimum absolute atomic E-state index is 0.0443. The third kappa shape index (κ3) is 2.76. The predicted molar refractivity (Wildman–Crippen MR) is 93.0 cm³/mol. The van der Waals surface area contributed by atoms with Crippen molar-refractivity contribution in [1.29, 1.82) is 0 Å². The SMILES string of the molecule is CNC(=O)Cn1cc(-c2cc3c(s2)C2(CCNCC2)OCC3)cn1. The minimum Gasteiger partial charge on any atom is -0.369 e. The summed E-state index contributed by atoms with van der Waals surface area (Å²) in [7, 11) is 1.64. The highest BCUT2D eigenvalue weighted by atomic mass is 32.1. The largest absolute Gasteiger partial charge is 0.369 e. The van der Waals surface area contributed by atoms with Crippen molar-refractivity contribution in [3.05, 3.63) is 28.9 Å². The Morgan fingerprint density at radius 1 is 1.50 bits per heavy atom. The Morgan fingerprint density at radius 3 is 3.12 bits per heavy atom. The number of rotatable bonds is 3. The highest BCUT2D eigenvalue weighted by Gasteiger charge is 2.40. The number of fused-ring (bicyclic) bond motifs is 2. The van der Waals surface area contributed by atoms with Crippen LogP contribution < -0.4 is 10.6 Å². The number of nitrogens with zero attached hydrogens (tertiary/aromatic N) is 2. The summed E-state index contributed by atoms with van der Waals surface area (Å²) in [5.74, 6) is -0.0443. The summed E-state index contributed by atoms with van der Waals surface area (Å²) < 4.78 is 7.94. The lowest BCUT2D eigenvalue weighted by Gasteiger charge is -2.40. The molecule has 0 aromatic carbocycles. The molecule has 2 aliphatic rings. The van der Waals surface area contributed by atoms with Crippen LogP contribution >= 0.6 is 11.3 Å². The van der Waals surface area contributed by atoms with Crippen molar-refractivity contribution in [2.24, 2.45) is 0 Å². The van der Waals surface area contributed by atoms with Crippen LogP contribution in [0, 0.1) is 0 Å². The molecular weight excluding hydrogens is 324 g/mol. The number of hydrogen-bond acceptors (Lipinski definition) is 5. The van der Waals surface area contributed by atoms with Gasteiger partial charge in [0.2, 0.25) is 5.91 Å². The van der Waals surface area contributed by atoms with Crippen LogP contribution in [0.5, 0.6) is 0 Å². The van der Waals surface area contributed by atoms with Crippen LogP contribution in [-0.2, 0) is 28.1 Å². The zero-order valence-corrected chi connectivity index (χ0v) is 14.6. The fourth-order valence-corrected chi connectivity index (χ4v) is 4.96. The van der Waals surface area contributed by atoms with Gasteiger partial charge < -0.3 is 15.4 Å². The van der Waals surface area contributed by atoms with E-state index in [1.165, 1.54) is 15.3 Å². The summed E-state index contributed by atoms with van der Waals surface area (Å²) in [5, 5.41) is 10.4. The highest BCUT2D eigenvalue weighted by Crippen LogP contribution is 2.46. The van der Waals surface area contributed by atoms with E-state index < -0.39 is 0 Å². The molecule has 2 N–H and O–H groups in total. The first-order valence-electron chi connectivity index (χ1n) is 8.41. The summed E-state index contributed by atoms with van der Waals surface area (Å²) >= 11 is 1.83. The first-order valence-corrected chi connectivity index (χ1v) is 9.23. The number of likely N-dealkylation sites (N-methyl/N-ethyl adjacent to an activating group) is 1. The molecule has 1 amide bonds. The van der Waals surface area contributed by atoms with Gasteiger partial charge in [0.25, 0.3) is 0 Å². The molecule has 1 spiro atoms. The van der Waals surface area contributed by atoms with Gasteiger partial charge in [-0.2, -0.15) is 5.10 Å². The van der Waals surface area contributed by atoms with Gasteiger partial charge in [0.15, 0.2) is 0 Å². The number of hydrogen-bond donors (Lipinski definition) is 2. The van der Waals surface area contributed by atoms with Crippen molar-refractivity contribution in [3.63, 3.8) is 0 Å². The summed E-state index contributed by atoms with van der Waals surface area (Å²) in [6, 6.07) is 2.29. The van der Waals surface area contributed by atoms with Crippen LogP contribution in [0.3, 0.4) is 0 Å². The van der Waals surface area contributed by atoms with Crippen molar-refractivity contribution in [2.75, 3.05) is 26.7 Å². The number of nitrogens with one attached hydrogen (secondary N) is 2. The number of thiophene rings is 1. The number of ether oxygens (including phenoxy) is 1. The molecule has 0 atom stereocenters. The molecule has 4 heterocycles. The van der Waals surface area contributed by atoms with Crippen molar-refractivity contribution in [1.82, 2.24) is 20.4 Å². The molecule has 4 rings (SSSR count). The Labute approximate surface area is 145 Å². The second-order valence-electron chi connectivity index (χ2n) is 6.41. The van der Waals surface area contributed by atoms with Gasteiger partial charge in [-0.1, -0.05) is 0 Å². The molecule has 2 aromatic rings. The third-order valence-electron chi connectivity index (χ3n) is 4.89. The van der Waals surface area contributed by atoms with Crippen LogP contribution in [0.2, 0.25) is 0 Å².